The van der Waals surface area contributed by atoms with Crippen molar-refractivity contribution in [2.75, 3.05) is 37.6 Å². The topological polar surface area (TPSA) is 94.1 Å². The van der Waals surface area contributed by atoms with E-state index in [0.29, 0.717) is 33.0 Å². The van der Waals surface area contributed by atoms with E-state index in [0.717, 1.165) is 44.1 Å². The van der Waals surface area contributed by atoms with Gasteiger partial charge in [0, 0.05) is 36.2 Å². The van der Waals surface area contributed by atoms with Gasteiger partial charge in [-0.25, -0.2) is 14.6 Å². The van der Waals surface area contributed by atoms with Crippen LogP contribution in [0.15, 0.2) is 24.4 Å². The van der Waals surface area contributed by atoms with E-state index in [1.807, 2.05) is 19.9 Å². The van der Waals surface area contributed by atoms with Crippen LogP contribution in [0.2, 0.25) is 10.0 Å². The fourth-order valence-corrected chi connectivity index (χ4v) is 5.95. The van der Waals surface area contributed by atoms with Gasteiger partial charge in [-0.15, -0.1) is 0 Å². The van der Waals surface area contributed by atoms with Crippen LogP contribution in [0.3, 0.4) is 0 Å². The highest BCUT2D eigenvalue weighted by atomic mass is 35.5. The molecule has 5 rings (SSSR count). The number of fused-ring (bicyclic) bond motifs is 1. The molecule has 2 saturated heterocycles. The number of aromatic nitrogens is 4. The normalized spacial score (nSPS) is 21.0. The maximum Gasteiger partial charge on any atom is 0.190 e. The van der Waals surface area contributed by atoms with Crippen molar-refractivity contribution in [3.05, 3.63) is 45.7 Å². The molecule has 35 heavy (non-hydrogen) atoms. The van der Waals surface area contributed by atoms with Gasteiger partial charge in [0.25, 0.3) is 0 Å². The van der Waals surface area contributed by atoms with E-state index < -0.39 is 0 Å². The lowest BCUT2D eigenvalue weighted by molar-refractivity contribution is 0.0725. The van der Waals surface area contributed by atoms with E-state index in [9.17, 15) is 10.4 Å². The smallest absolute Gasteiger partial charge is 0.190 e. The van der Waals surface area contributed by atoms with Crippen LogP contribution in [0.1, 0.15) is 44.0 Å². The summed E-state index contributed by atoms with van der Waals surface area (Å²) in [5, 5.41) is 25.0. The van der Waals surface area contributed by atoms with E-state index in [-0.39, 0.29) is 17.8 Å². The van der Waals surface area contributed by atoms with Crippen molar-refractivity contribution < 1.29 is 5.11 Å². The number of hydrogen-bond donors (Lipinski definition) is 1. The molecule has 184 valence electrons. The summed E-state index contributed by atoms with van der Waals surface area (Å²) >= 11 is 12.5. The molecule has 2 aliphatic rings. The summed E-state index contributed by atoms with van der Waals surface area (Å²) in [6.45, 7) is 8.56. The maximum absolute atomic E-state index is 9.75. The first-order valence-electron chi connectivity index (χ1n) is 12.1. The lowest BCUT2D eigenvalue weighted by atomic mass is 9.80. The number of β-amino-alcohol motifs (C(OH)–C–C–N with tert-alkyl or cyclic N) is 1. The highest BCUT2D eigenvalue weighted by Crippen LogP contribution is 2.35. The number of likely N-dealkylation sites (tertiary alicyclic amines) is 1. The number of nitriles is 1. The zero-order valence-electron chi connectivity index (χ0n) is 19.9. The monoisotopic (exact) mass is 513 g/mol. The molecule has 3 aromatic rings. The predicted molar refractivity (Wildman–Crippen MR) is 137 cm³/mol. The van der Waals surface area contributed by atoms with E-state index in [1.54, 1.807) is 23.0 Å². The van der Waals surface area contributed by atoms with Crippen LogP contribution in [0.4, 0.5) is 5.82 Å². The molecule has 10 heteroatoms. The Labute approximate surface area is 215 Å². The molecule has 2 fully saturated rings. The van der Waals surface area contributed by atoms with Crippen molar-refractivity contribution in [3.8, 4) is 6.07 Å². The summed E-state index contributed by atoms with van der Waals surface area (Å²) in [5.74, 6) is 2.04. The van der Waals surface area contributed by atoms with E-state index in [4.69, 9.17) is 28.2 Å². The van der Waals surface area contributed by atoms with Gasteiger partial charge in [-0.3, -0.25) is 0 Å². The molecule has 0 bridgehead atoms. The van der Waals surface area contributed by atoms with Crippen LogP contribution >= 0.6 is 23.2 Å². The van der Waals surface area contributed by atoms with Gasteiger partial charge in [-0.2, -0.15) is 10.4 Å². The van der Waals surface area contributed by atoms with E-state index in [1.165, 1.54) is 12.8 Å². The van der Waals surface area contributed by atoms with Crippen LogP contribution < -0.4 is 4.90 Å². The third-order valence-corrected chi connectivity index (χ3v) is 7.80. The lowest BCUT2D eigenvalue weighted by Gasteiger charge is -2.47. The first kappa shape index (κ1) is 24.3. The quantitative estimate of drug-likeness (QED) is 0.528. The van der Waals surface area contributed by atoms with Crippen LogP contribution in [-0.4, -0.2) is 68.6 Å². The molecule has 2 aliphatic heterocycles. The van der Waals surface area contributed by atoms with Gasteiger partial charge in [0.15, 0.2) is 11.3 Å². The Hall–Kier alpha value is -2.44. The van der Waals surface area contributed by atoms with Crippen molar-refractivity contribution in [1.82, 2.24) is 24.6 Å². The fraction of sp³-hybridized carbons (Fsp3) is 0.520. The minimum Gasteiger partial charge on any atom is -0.392 e. The van der Waals surface area contributed by atoms with Crippen LogP contribution in [0.5, 0.6) is 0 Å². The van der Waals surface area contributed by atoms with Crippen LogP contribution in [0.25, 0.3) is 11.2 Å². The summed E-state index contributed by atoms with van der Waals surface area (Å²) in [6, 6.07) is 7.26. The zero-order valence-corrected chi connectivity index (χ0v) is 21.4. The maximum atomic E-state index is 9.75. The molecular formula is C25H29Cl2N7O. The Kier molecular flexibility index (Phi) is 6.86. The SMILES string of the molecule is CC(O)CN1CCC[C@H](C2CN(c3cnc4c(C#N)nn(C(C)c5ccc(Cl)cc5Cl)c4n3)C2)C1. The highest BCUT2D eigenvalue weighted by Gasteiger charge is 2.37. The molecule has 0 amide bonds. The first-order chi connectivity index (χ1) is 16.8. The van der Waals surface area contributed by atoms with Crippen molar-refractivity contribution in [2.45, 2.75) is 38.8 Å². The second-order valence-corrected chi connectivity index (χ2v) is 10.7. The van der Waals surface area contributed by atoms with Crippen molar-refractivity contribution in [1.29, 1.82) is 5.26 Å². The first-order valence-corrected chi connectivity index (χ1v) is 12.8. The molecule has 1 aromatic carbocycles. The Bertz CT molecular complexity index is 1260. The average molecular weight is 514 g/mol. The third kappa shape index (κ3) is 4.83. The van der Waals surface area contributed by atoms with Gasteiger partial charge in [0.05, 0.1) is 18.3 Å². The molecule has 8 nitrogen and oxygen atoms in total. The van der Waals surface area contributed by atoms with Gasteiger partial charge < -0.3 is 14.9 Å². The Morgan fingerprint density at radius 3 is 2.71 bits per heavy atom. The highest BCUT2D eigenvalue weighted by molar-refractivity contribution is 6.35. The summed E-state index contributed by atoms with van der Waals surface area (Å²) < 4.78 is 1.73. The van der Waals surface area contributed by atoms with E-state index >= 15 is 0 Å². The van der Waals surface area contributed by atoms with Crippen molar-refractivity contribution in [3.63, 3.8) is 0 Å². The molecule has 1 N–H and O–H groups in total. The number of anilines is 1. The van der Waals surface area contributed by atoms with Gasteiger partial charge >= 0.3 is 0 Å². The average Bonchev–Trinajstić information content (AvgIpc) is 3.16. The molecule has 0 aliphatic carbocycles. The number of nitrogens with zero attached hydrogens (tertiary/aromatic N) is 7. The van der Waals surface area contributed by atoms with Crippen molar-refractivity contribution in [2.24, 2.45) is 11.8 Å². The number of halogens is 2. The molecule has 0 radical (unpaired) electrons. The summed E-state index contributed by atoms with van der Waals surface area (Å²) in [4.78, 5) is 14.1. The fourth-order valence-electron chi connectivity index (χ4n) is 5.38. The number of aliphatic hydroxyl groups is 1. The number of aliphatic hydroxyl groups excluding tert-OH is 1. The lowest BCUT2D eigenvalue weighted by Crippen LogP contribution is -2.54. The zero-order chi connectivity index (χ0) is 24.7. The predicted octanol–water partition coefficient (Wildman–Crippen LogP) is 4.14. The number of piperidine rings is 1. The molecule has 4 heterocycles. The van der Waals surface area contributed by atoms with Crippen LogP contribution in [-0.2, 0) is 0 Å². The molecule has 2 unspecified atom stereocenters. The molecular weight excluding hydrogens is 485 g/mol. The number of hydrogen-bond acceptors (Lipinski definition) is 7. The molecule has 2 aromatic heterocycles. The van der Waals surface area contributed by atoms with Crippen LogP contribution in [0, 0.1) is 23.2 Å². The Morgan fingerprint density at radius 1 is 1.20 bits per heavy atom. The summed E-state index contributed by atoms with van der Waals surface area (Å²) in [5.41, 5.74) is 2.16. The summed E-state index contributed by atoms with van der Waals surface area (Å²) in [7, 11) is 0. The Morgan fingerprint density at radius 2 is 2.00 bits per heavy atom. The number of rotatable bonds is 6. The second kappa shape index (κ2) is 9.90. The second-order valence-electron chi connectivity index (χ2n) is 9.82. The van der Waals surface area contributed by atoms with Crippen molar-refractivity contribution >= 4 is 40.2 Å². The summed E-state index contributed by atoms with van der Waals surface area (Å²) in [6.07, 6.45) is 3.87. The van der Waals surface area contributed by atoms with Gasteiger partial charge in [-0.05, 0) is 62.8 Å². The molecule has 0 spiro atoms. The van der Waals surface area contributed by atoms with Gasteiger partial charge in [0.1, 0.15) is 17.4 Å². The van der Waals surface area contributed by atoms with Gasteiger partial charge in [0.2, 0.25) is 0 Å². The third-order valence-electron chi connectivity index (χ3n) is 7.24. The van der Waals surface area contributed by atoms with Gasteiger partial charge in [-0.1, -0.05) is 29.3 Å². The molecule has 3 atom stereocenters. The Balaban J connectivity index is 1.36. The molecule has 0 saturated carbocycles. The number of benzene rings is 1. The van der Waals surface area contributed by atoms with E-state index in [2.05, 4.69) is 26.0 Å². The standard InChI is InChI=1S/C25H29Cl2N7O/c1-15(35)11-32-7-3-4-17(12-32)18-13-33(14-18)23-10-29-24-22(9-28)31-34(25(24)30-23)16(2)20-6-5-19(26)8-21(20)27/h5-6,8,10,15-18,35H,3-4,7,11-14H2,1-2H3/t15?,16?,17-/m0/s1. The minimum atomic E-state index is -0.290. The minimum absolute atomic E-state index is 0.248. The largest absolute Gasteiger partial charge is 0.392 e.